The lowest BCUT2D eigenvalue weighted by molar-refractivity contribution is 0.692. The molecule has 0 bridgehead atoms. The van der Waals surface area contributed by atoms with Crippen LogP contribution in [0.2, 0.25) is 0 Å². The largest absolute Gasteiger partial charge is 0.303 e. The van der Waals surface area contributed by atoms with Crippen LogP contribution in [0.3, 0.4) is 0 Å². The van der Waals surface area contributed by atoms with Crippen molar-refractivity contribution in [1.82, 2.24) is 28.9 Å². The number of nitrogens with zero attached hydrogens (tertiary/aromatic N) is 6. The molecule has 0 aliphatic rings. The first-order chi connectivity index (χ1) is 8.77. The second-order valence-electron chi connectivity index (χ2n) is 3.75. The van der Waals surface area contributed by atoms with E-state index in [2.05, 4.69) is 15.1 Å². The Kier molecular flexibility index (Phi) is 2.30. The maximum atomic E-state index is 12.2. The number of aromatic nitrogens is 6. The van der Waals surface area contributed by atoms with Gasteiger partial charge >= 0.3 is 0 Å². The summed E-state index contributed by atoms with van der Waals surface area (Å²) in [6.45, 7) is 0. The predicted octanol–water partition coefficient (Wildman–Crippen LogP) is 0.152. The zero-order valence-electron chi connectivity index (χ0n) is 9.63. The molecule has 3 aromatic heterocycles. The minimum atomic E-state index is -0.195. The van der Waals surface area contributed by atoms with Crippen LogP contribution in [0.4, 0.5) is 0 Å². The van der Waals surface area contributed by atoms with Gasteiger partial charge in [0.15, 0.2) is 0 Å². The number of imidazole rings is 2. The summed E-state index contributed by atoms with van der Waals surface area (Å²) in [4.78, 5) is 20.1. The summed E-state index contributed by atoms with van der Waals surface area (Å²) in [7, 11) is 1.61. The molecular formula is C11H10N6O. The molecule has 0 radical (unpaired) electrons. The highest BCUT2D eigenvalue weighted by Gasteiger charge is 2.12. The molecule has 7 nitrogen and oxygen atoms in total. The van der Waals surface area contributed by atoms with Crippen LogP contribution >= 0.6 is 0 Å². The Hall–Kier alpha value is -2.70. The molecule has 18 heavy (non-hydrogen) atoms. The van der Waals surface area contributed by atoms with Gasteiger partial charge in [0, 0.05) is 31.8 Å². The molecular weight excluding hydrogens is 232 g/mol. The summed E-state index contributed by atoms with van der Waals surface area (Å²) in [5.41, 5.74) is 0.954. The molecule has 0 saturated heterocycles. The topological polar surface area (TPSA) is 70.5 Å². The van der Waals surface area contributed by atoms with Crippen molar-refractivity contribution in [2.45, 2.75) is 0 Å². The maximum Gasteiger partial charge on any atom is 0.292 e. The first-order valence-electron chi connectivity index (χ1n) is 5.30. The summed E-state index contributed by atoms with van der Waals surface area (Å²) in [6.07, 6.45) is 11.6. The van der Waals surface area contributed by atoms with Gasteiger partial charge in [-0.1, -0.05) is 0 Å². The van der Waals surface area contributed by atoms with Crippen LogP contribution in [0.5, 0.6) is 0 Å². The molecule has 90 valence electrons. The van der Waals surface area contributed by atoms with E-state index in [4.69, 9.17) is 0 Å². The normalized spacial score (nSPS) is 10.7. The van der Waals surface area contributed by atoms with E-state index in [0.29, 0.717) is 11.4 Å². The molecule has 0 aliphatic carbocycles. The minimum absolute atomic E-state index is 0.195. The van der Waals surface area contributed by atoms with Gasteiger partial charge in [0.25, 0.3) is 5.56 Å². The number of rotatable bonds is 2. The van der Waals surface area contributed by atoms with Crippen LogP contribution in [0, 0.1) is 0 Å². The Morgan fingerprint density at radius 1 is 1.06 bits per heavy atom. The molecule has 0 aromatic carbocycles. The lowest BCUT2D eigenvalue weighted by Crippen LogP contribution is -2.25. The zero-order valence-corrected chi connectivity index (χ0v) is 9.63. The molecule has 3 heterocycles. The van der Waals surface area contributed by atoms with E-state index in [9.17, 15) is 4.79 Å². The van der Waals surface area contributed by atoms with Crippen molar-refractivity contribution in [2.75, 3.05) is 0 Å². The minimum Gasteiger partial charge on any atom is -0.303 e. The number of aryl methyl sites for hydroxylation is 1. The highest BCUT2D eigenvalue weighted by atomic mass is 16.1. The highest BCUT2D eigenvalue weighted by molar-refractivity contribution is 5.49. The number of hydrogen-bond donors (Lipinski definition) is 0. The van der Waals surface area contributed by atoms with Crippen molar-refractivity contribution in [3.63, 3.8) is 0 Å². The Bertz CT molecular complexity index is 711. The summed E-state index contributed by atoms with van der Waals surface area (Å²) in [5, 5.41) is 4.03. The van der Waals surface area contributed by atoms with Crippen molar-refractivity contribution in [2.24, 2.45) is 7.05 Å². The van der Waals surface area contributed by atoms with Crippen LogP contribution < -0.4 is 5.56 Å². The molecule has 7 heteroatoms. The molecule has 0 amide bonds. The molecule has 0 atom stereocenters. The van der Waals surface area contributed by atoms with Crippen molar-refractivity contribution >= 4 is 0 Å². The number of hydrogen-bond acceptors (Lipinski definition) is 4. The Morgan fingerprint density at radius 2 is 1.72 bits per heavy atom. The van der Waals surface area contributed by atoms with E-state index in [1.165, 1.54) is 4.68 Å². The van der Waals surface area contributed by atoms with E-state index in [-0.39, 0.29) is 5.56 Å². The fraction of sp³-hybridized carbons (Fsp3) is 0.0909. The Morgan fingerprint density at radius 3 is 2.33 bits per heavy atom. The van der Waals surface area contributed by atoms with Crippen LogP contribution in [-0.4, -0.2) is 28.9 Å². The van der Waals surface area contributed by atoms with Gasteiger partial charge in [-0.3, -0.25) is 9.36 Å². The van der Waals surface area contributed by atoms with Crippen LogP contribution in [0.25, 0.3) is 11.4 Å². The lowest BCUT2D eigenvalue weighted by Gasteiger charge is -2.10. The summed E-state index contributed by atoms with van der Waals surface area (Å²) in [6, 6.07) is 0. The quantitative estimate of drug-likeness (QED) is 0.641. The SMILES string of the molecule is Cn1ncc(-n2ccnc2)c(-n2ccnc2)c1=O. The second kappa shape index (κ2) is 3.95. The molecule has 0 spiro atoms. The molecule has 3 aromatic rings. The zero-order chi connectivity index (χ0) is 12.5. The fourth-order valence-corrected chi connectivity index (χ4v) is 1.74. The van der Waals surface area contributed by atoms with Gasteiger partial charge in [0.2, 0.25) is 0 Å². The van der Waals surface area contributed by atoms with E-state index < -0.39 is 0 Å². The monoisotopic (exact) mass is 242 g/mol. The maximum absolute atomic E-state index is 12.2. The molecule has 0 saturated carbocycles. The smallest absolute Gasteiger partial charge is 0.292 e. The third-order valence-electron chi connectivity index (χ3n) is 2.64. The van der Waals surface area contributed by atoms with Gasteiger partial charge in [-0.2, -0.15) is 5.10 Å². The van der Waals surface area contributed by atoms with Gasteiger partial charge < -0.3 is 4.57 Å². The molecule has 0 aliphatic heterocycles. The highest BCUT2D eigenvalue weighted by Crippen LogP contribution is 2.13. The van der Waals surface area contributed by atoms with Crippen LogP contribution in [0.15, 0.2) is 48.4 Å². The van der Waals surface area contributed by atoms with E-state index in [1.807, 2.05) is 0 Å². The summed E-state index contributed by atoms with van der Waals surface area (Å²) >= 11 is 0. The predicted molar refractivity (Wildman–Crippen MR) is 63.7 cm³/mol. The van der Waals surface area contributed by atoms with Gasteiger partial charge in [-0.25, -0.2) is 14.6 Å². The molecule has 0 unspecified atom stereocenters. The lowest BCUT2D eigenvalue weighted by atomic mass is 10.3. The molecule has 3 rings (SSSR count). The van der Waals surface area contributed by atoms with Gasteiger partial charge in [-0.05, 0) is 0 Å². The van der Waals surface area contributed by atoms with Gasteiger partial charge in [0.1, 0.15) is 5.69 Å². The molecule has 0 N–H and O–H groups in total. The van der Waals surface area contributed by atoms with Gasteiger partial charge in [-0.15, -0.1) is 0 Å². The Labute approximate surface area is 102 Å². The standard InChI is InChI=1S/C11H10N6O/c1-15-11(18)10(17-5-3-13-8-17)9(6-14-15)16-4-2-12-7-16/h2-8H,1H3. The fourth-order valence-electron chi connectivity index (χ4n) is 1.74. The average molecular weight is 242 g/mol. The third-order valence-corrected chi connectivity index (χ3v) is 2.64. The van der Waals surface area contributed by atoms with Crippen LogP contribution in [-0.2, 0) is 7.05 Å². The first kappa shape index (κ1) is 10.5. The van der Waals surface area contributed by atoms with Crippen molar-refractivity contribution < 1.29 is 0 Å². The van der Waals surface area contributed by atoms with Crippen LogP contribution in [0.1, 0.15) is 0 Å². The van der Waals surface area contributed by atoms with E-state index in [1.54, 1.807) is 59.8 Å². The van der Waals surface area contributed by atoms with E-state index >= 15 is 0 Å². The summed E-state index contributed by atoms with van der Waals surface area (Å²) < 4.78 is 4.69. The average Bonchev–Trinajstić information content (AvgIpc) is 3.03. The third kappa shape index (κ3) is 1.53. The first-order valence-corrected chi connectivity index (χ1v) is 5.30. The Balaban J connectivity index is 2.34. The summed E-state index contributed by atoms with van der Waals surface area (Å²) in [5.74, 6) is 0. The van der Waals surface area contributed by atoms with Crippen molar-refractivity contribution in [1.29, 1.82) is 0 Å². The second-order valence-corrected chi connectivity index (χ2v) is 3.75. The van der Waals surface area contributed by atoms with Crippen molar-refractivity contribution in [3.05, 3.63) is 54.0 Å². The van der Waals surface area contributed by atoms with E-state index in [0.717, 1.165) is 0 Å². The van der Waals surface area contributed by atoms with Crippen molar-refractivity contribution in [3.8, 4) is 11.4 Å². The molecule has 0 fully saturated rings. The van der Waals surface area contributed by atoms with Gasteiger partial charge in [0.05, 0.1) is 24.5 Å².